The van der Waals surface area contributed by atoms with E-state index in [9.17, 15) is 26.1 Å². The molecule has 2 atom stereocenters. The molecule has 0 saturated heterocycles. The third-order valence-electron chi connectivity index (χ3n) is 3.75. The largest absolute Gasteiger partial charge is 0.748 e. The summed E-state index contributed by atoms with van der Waals surface area (Å²) in [7, 11) is -4.44. The van der Waals surface area contributed by atoms with E-state index >= 15 is 0 Å². The molecule has 1 aromatic carbocycles. The van der Waals surface area contributed by atoms with Crippen LogP contribution in [0, 0.1) is 5.92 Å². The van der Waals surface area contributed by atoms with Crippen molar-refractivity contribution in [1.29, 1.82) is 0 Å². The fourth-order valence-electron chi connectivity index (χ4n) is 2.18. The van der Waals surface area contributed by atoms with Crippen molar-refractivity contribution < 1.29 is 30.7 Å². The lowest BCUT2D eigenvalue weighted by Crippen LogP contribution is -2.40. The molecule has 1 aromatic heterocycles. The maximum absolute atomic E-state index is 12.8. The molecule has 0 bridgehead atoms. The number of nitrogens with one attached hydrogen (secondary N) is 1. The van der Waals surface area contributed by atoms with Gasteiger partial charge in [0.1, 0.15) is 0 Å². The molecule has 0 aliphatic heterocycles. The first-order chi connectivity index (χ1) is 10.00. The monoisotopic (exact) mass is 336 g/mol. The summed E-state index contributed by atoms with van der Waals surface area (Å²) in [5.74, 6) is -0.541. The Morgan fingerprint density at radius 3 is 2.50 bits per heavy atom. The van der Waals surface area contributed by atoms with E-state index in [1.165, 1.54) is 23.9 Å². The summed E-state index contributed by atoms with van der Waals surface area (Å²) >= 11 is 0. The molecule has 0 saturated carbocycles. The number of rotatable bonds is 4. The van der Waals surface area contributed by atoms with Crippen molar-refractivity contribution in [2.24, 2.45) is 5.92 Å². The molecule has 122 valence electrons. The number of hydrogen-bond donors (Lipinski definition) is 1. The Kier molecular flexibility index (Phi) is 4.22. The normalized spacial score (nSPS) is 15.9. The highest BCUT2D eigenvalue weighted by Gasteiger charge is 2.32. The van der Waals surface area contributed by atoms with Gasteiger partial charge >= 0.3 is 6.18 Å². The Morgan fingerprint density at radius 2 is 1.95 bits per heavy atom. The summed E-state index contributed by atoms with van der Waals surface area (Å²) in [5, 5.41) is -1.13. The van der Waals surface area contributed by atoms with Crippen LogP contribution in [-0.2, 0) is 22.8 Å². The molecule has 2 rings (SSSR count). The Bertz CT molecular complexity index is 783. The molecule has 1 heterocycles. The number of aromatic nitrogens is 2. The van der Waals surface area contributed by atoms with E-state index in [-0.39, 0.29) is 6.54 Å². The quantitative estimate of drug-likeness (QED) is 0.686. The minimum absolute atomic E-state index is 0.115. The third-order valence-corrected chi connectivity index (χ3v) is 5.13. The Morgan fingerprint density at radius 1 is 1.32 bits per heavy atom. The summed E-state index contributed by atoms with van der Waals surface area (Å²) in [6, 6.07) is 3.28. The van der Waals surface area contributed by atoms with Gasteiger partial charge in [0.05, 0.1) is 27.5 Å². The molecule has 9 heteroatoms. The molecule has 5 nitrogen and oxygen atoms in total. The standard InChI is InChI=1S/C13H15F3N2O3S/c1-8(9(2)22(19,20)21)6-18-7-17-11-4-3-10(5-12(11)18)13(14,15)16/h3-5,7-9H,6H2,1-2H3,(H,19,20,21). The average Bonchev–Trinajstić information content (AvgIpc) is 2.78. The SMILES string of the molecule is CC(C[n+]1c[nH]c2ccc(C(F)(F)F)cc21)C(C)S(=O)(=O)[O-]. The highest BCUT2D eigenvalue weighted by molar-refractivity contribution is 7.86. The molecular formula is C13H15F3N2O3S. The first kappa shape index (κ1) is 16.8. The van der Waals surface area contributed by atoms with Gasteiger partial charge in [0.15, 0.2) is 11.0 Å². The van der Waals surface area contributed by atoms with Crippen LogP contribution in [0.15, 0.2) is 24.5 Å². The maximum Gasteiger partial charge on any atom is 0.416 e. The van der Waals surface area contributed by atoms with Crippen molar-refractivity contribution in [1.82, 2.24) is 4.98 Å². The molecule has 0 radical (unpaired) electrons. The first-order valence-corrected chi connectivity index (χ1v) is 8.00. The van der Waals surface area contributed by atoms with Crippen molar-refractivity contribution in [3.8, 4) is 0 Å². The van der Waals surface area contributed by atoms with Crippen LogP contribution in [-0.4, -0.2) is 23.2 Å². The smallest absolute Gasteiger partial charge is 0.416 e. The van der Waals surface area contributed by atoms with E-state index in [0.29, 0.717) is 11.0 Å². The summed E-state index contributed by atoms with van der Waals surface area (Å²) in [6.45, 7) is 2.98. The predicted molar refractivity (Wildman–Crippen MR) is 71.8 cm³/mol. The number of benzene rings is 1. The highest BCUT2D eigenvalue weighted by atomic mass is 32.2. The van der Waals surface area contributed by atoms with Crippen LogP contribution in [0.3, 0.4) is 0 Å². The van der Waals surface area contributed by atoms with Gasteiger partial charge in [-0.25, -0.2) is 18.0 Å². The van der Waals surface area contributed by atoms with Gasteiger partial charge in [-0.1, -0.05) is 6.92 Å². The van der Waals surface area contributed by atoms with Crippen molar-refractivity contribution in [3.63, 3.8) is 0 Å². The number of imidazole rings is 1. The van der Waals surface area contributed by atoms with Crippen LogP contribution < -0.4 is 4.57 Å². The minimum atomic E-state index is -4.46. The van der Waals surface area contributed by atoms with Gasteiger partial charge in [-0.2, -0.15) is 13.2 Å². The molecule has 22 heavy (non-hydrogen) atoms. The topological polar surface area (TPSA) is 76.9 Å². The first-order valence-electron chi connectivity index (χ1n) is 6.52. The Hall–Kier alpha value is -1.61. The lowest BCUT2D eigenvalue weighted by atomic mass is 10.1. The molecule has 0 spiro atoms. The molecule has 0 amide bonds. The average molecular weight is 336 g/mol. The fourth-order valence-corrected chi connectivity index (χ4v) is 2.83. The van der Waals surface area contributed by atoms with Gasteiger partial charge < -0.3 is 4.55 Å². The van der Waals surface area contributed by atoms with Gasteiger partial charge in [0, 0.05) is 12.0 Å². The van der Waals surface area contributed by atoms with Crippen molar-refractivity contribution in [2.75, 3.05) is 0 Å². The zero-order chi connectivity index (χ0) is 16.7. The molecule has 1 N–H and O–H groups in total. The van der Waals surface area contributed by atoms with E-state index in [2.05, 4.69) is 4.98 Å². The van der Waals surface area contributed by atoms with Crippen LogP contribution >= 0.6 is 0 Å². The summed E-state index contributed by atoms with van der Waals surface area (Å²) in [5.41, 5.74) is 0.0144. The summed E-state index contributed by atoms with van der Waals surface area (Å²) < 4.78 is 72.9. The third kappa shape index (κ3) is 3.41. The van der Waals surface area contributed by atoms with Gasteiger partial charge in [-0.3, -0.25) is 0 Å². The second kappa shape index (κ2) is 5.54. The lowest BCUT2D eigenvalue weighted by molar-refractivity contribution is -0.677. The molecule has 2 aromatic rings. The summed E-state index contributed by atoms with van der Waals surface area (Å²) in [6.07, 6.45) is -2.99. The van der Waals surface area contributed by atoms with E-state index in [1.54, 1.807) is 6.92 Å². The number of fused-ring (bicyclic) bond motifs is 1. The second-order valence-electron chi connectivity index (χ2n) is 5.33. The lowest BCUT2D eigenvalue weighted by Gasteiger charge is -2.21. The molecule has 0 aliphatic rings. The van der Waals surface area contributed by atoms with E-state index in [0.717, 1.165) is 12.1 Å². The number of nitrogens with zero attached hydrogens (tertiary/aromatic N) is 1. The fraction of sp³-hybridized carbons (Fsp3) is 0.462. The van der Waals surface area contributed by atoms with Gasteiger partial charge in [-0.15, -0.1) is 0 Å². The van der Waals surface area contributed by atoms with Crippen LogP contribution in [0.5, 0.6) is 0 Å². The number of hydrogen-bond acceptors (Lipinski definition) is 3. The number of aromatic amines is 1. The predicted octanol–water partition coefficient (Wildman–Crippen LogP) is 2.04. The highest BCUT2D eigenvalue weighted by Crippen LogP contribution is 2.30. The minimum Gasteiger partial charge on any atom is -0.748 e. The Balaban J connectivity index is 2.36. The zero-order valence-corrected chi connectivity index (χ0v) is 12.7. The van der Waals surface area contributed by atoms with Gasteiger partial charge in [-0.05, 0) is 19.1 Å². The molecule has 2 unspecified atom stereocenters. The van der Waals surface area contributed by atoms with Gasteiger partial charge in [0.25, 0.3) is 0 Å². The molecule has 0 aliphatic carbocycles. The van der Waals surface area contributed by atoms with Crippen LogP contribution in [0.4, 0.5) is 13.2 Å². The number of halogens is 3. The number of H-pyrrole nitrogens is 1. The molecular weight excluding hydrogens is 321 g/mol. The van der Waals surface area contributed by atoms with E-state index in [4.69, 9.17) is 0 Å². The van der Waals surface area contributed by atoms with Crippen LogP contribution in [0.1, 0.15) is 19.4 Å². The van der Waals surface area contributed by atoms with E-state index in [1.807, 2.05) is 0 Å². The van der Waals surface area contributed by atoms with Crippen molar-refractivity contribution in [3.05, 3.63) is 30.1 Å². The van der Waals surface area contributed by atoms with E-state index < -0.39 is 33.0 Å². The number of alkyl halides is 3. The van der Waals surface area contributed by atoms with Crippen LogP contribution in [0.25, 0.3) is 11.0 Å². The second-order valence-corrected chi connectivity index (χ2v) is 7.06. The van der Waals surface area contributed by atoms with Crippen molar-refractivity contribution in [2.45, 2.75) is 31.8 Å². The van der Waals surface area contributed by atoms with Crippen LogP contribution in [0.2, 0.25) is 0 Å². The maximum atomic E-state index is 12.8. The summed E-state index contributed by atoms with van der Waals surface area (Å²) in [4.78, 5) is 2.82. The zero-order valence-electron chi connectivity index (χ0n) is 11.9. The van der Waals surface area contributed by atoms with Gasteiger partial charge in [0.2, 0.25) is 6.33 Å². The molecule has 0 fully saturated rings. The Labute approximate surface area is 125 Å². The van der Waals surface area contributed by atoms with Crippen molar-refractivity contribution >= 4 is 21.2 Å².